The molecule has 0 bridgehead atoms. The Morgan fingerprint density at radius 1 is 1.23 bits per heavy atom. The molecule has 4 rings (SSSR count). The van der Waals surface area contributed by atoms with Gasteiger partial charge in [0.15, 0.2) is 5.16 Å². The molecular weight excluding hydrogens is 402 g/mol. The number of amides is 2. The quantitative estimate of drug-likeness (QED) is 0.583. The Morgan fingerprint density at radius 3 is 2.80 bits per heavy atom. The van der Waals surface area contributed by atoms with Crippen molar-refractivity contribution in [2.75, 3.05) is 19.9 Å². The highest BCUT2D eigenvalue weighted by molar-refractivity contribution is 7.99. The lowest BCUT2D eigenvalue weighted by atomic mass is 9.95. The summed E-state index contributed by atoms with van der Waals surface area (Å²) in [6.45, 7) is 0.899. The zero-order chi connectivity index (χ0) is 21.1. The number of ether oxygens (including phenoxy) is 1. The normalized spacial score (nSPS) is 19.2. The van der Waals surface area contributed by atoms with Gasteiger partial charge in [-0.1, -0.05) is 48.5 Å². The number of hydrogen-bond donors (Lipinski definition) is 1. The van der Waals surface area contributed by atoms with Crippen LogP contribution in [0.3, 0.4) is 0 Å². The van der Waals surface area contributed by atoms with Crippen molar-refractivity contribution in [3.63, 3.8) is 0 Å². The van der Waals surface area contributed by atoms with E-state index in [-0.39, 0.29) is 6.03 Å². The molecule has 1 atom stereocenters. The molecule has 9 heteroatoms. The van der Waals surface area contributed by atoms with Gasteiger partial charge in [0, 0.05) is 31.5 Å². The van der Waals surface area contributed by atoms with Gasteiger partial charge in [-0.2, -0.15) is 0 Å². The highest BCUT2D eigenvalue weighted by Crippen LogP contribution is 2.34. The number of carbonyl (C=O) groups is 2. The molecule has 2 amide bonds. The Labute approximate surface area is 179 Å². The summed E-state index contributed by atoms with van der Waals surface area (Å²) in [5, 5.41) is 12.4. The number of carbonyl (C=O) groups excluding carboxylic acids is 2. The Morgan fingerprint density at radius 2 is 2.03 bits per heavy atom. The second-order valence-electron chi connectivity index (χ2n) is 7.35. The predicted molar refractivity (Wildman–Crippen MR) is 113 cm³/mol. The van der Waals surface area contributed by atoms with Crippen LogP contribution in [0.2, 0.25) is 0 Å². The van der Waals surface area contributed by atoms with Crippen molar-refractivity contribution in [3.05, 3.63) is 53.0 Å². The van der Waals surface area contributed by atoms with Gasteiger partial charge in [0.1, 0.15) is 5.82 Å². The van der Waals surface area contributed by atoms with Gasteiger partial charge >= 0.3 is 12.0 Å². The van der Waals surface area contributed by atoms with Crippen molar-refractivity contribution in [2.24, 2.45) is 0 Å². The summed E-state index contributed by atoms with van der Waals surface area (Å²) < 4.78 is 7.24. The number of nitrogens with one attached hydrogen (secondary N) is 1. The zero-order valence-electron chi connectivity index (χ0n) is 17.1. The van der Waals surface area contributed by atoms with Crippen LogP contribution in [0.1, 0.15) is 36.7 Å². The minimum absolute atomic E-state index is 0.257. The average Bonchev–Trinajstić information content (AvgIpc) is 3.00. The third kappa shape index (κ3) is 3.94. The van der Waals surface area contributed by atoms with E-state index in [0.29, 0.717) is 17.0 Å². The molecule has 2 aliphatic rings. The fourth-order valence-corrected chi connectivity index (χ4v) is 4.94. The molecule has 1 N–H and O–H groups in total. The zero-order valence-corrected chi connectivity index (χ0v) is 17.9. The number of fused-ring (bicyclic) bond motifs is 1. The van der Waals surface area contributed by atoms with Crippen molar-refractivity contribution in [3.8, 4) is 0 Å². The fourth-order valence-electron chi connectivity index (χ4n) is 3.88. The monoisotopic (exact) mass is 427 g/mol. The summed E-state index contributed by atoms with van der Waals surface area (Å²) in [7, 11) is 3.02. The van der Waals surface area contributed by atoms with E-state index in [0.717, 1.165) is 42.4 Å². The second-order valence-corrected chi connectivity index (χ2v) is 8.30. The van der Waals surface area contributed by atoms with Gasteiger partial charge in [-0.25, -0.2) is 9.59 Å². The predicted octanol–water partition coefficient (Wildman–Crippen LogP) is 2.92. The van der Waals surface area contributed by atoms with Crippen LogP contribution in [-0.2, 0) is 22.5 Å². The van der Waals surface area contributed by atoms with Crippen LogP contribution in [0.15, 0.2) is 46.8 Å². The number of aryl methyl sites for hydroxylation is 1. The molecule has 30 heavy (non-hydrogen) atoms. The SMILES string of the molecule is COC(=O)C1=C(CSc2nnc3n2CCCCC3)N(C)C(=O)NC1c1ccccc1. The van der Waals surface area contributed by atoms with E-state index >= 15 is 0 Å². The smallest absolute Gasteiger partial charge is 0.338 e. The molecule has 2 aliphatic heterocycles. The van der Waals surface area contributed by atoms with Crippen molar-refractivity contribution in [1.82, 2.24) is 25.0 Å². The van der Waals surface area contributed by atoms with Crippen LogP contribution >= 0.6 is 11.8 Å². The second kappa shape index (κ2) is 8.91. The molecule has 3 heterocycles. The van der Waals surface area contributed by atoms with Crippen molar-refractivity contribution >= 4 is 23.8 Å². The number of urea groups is 1. The van der Waals surface area contributed by atoms with Crippen molar-refractivity contribution in [1.29, 1.82) is 0 Å². The third-order valence-electron chi connectivity index (χ3n) is 5.53. The van der Waals surface area contributed by atoms with Crippen LogP contribution in [0.25, 0.3) is 0 Å². The minimum Gasteiger partial charge on any atom is -0.466 e. The van der Waals surface area contributed by atoms with Crippen molar-refractivity contribution in [2.45, 2.75) is 43.4 Å². The van der Waals surface area contributed by atoms with E-state index in [9.17, 15) is 9.59 Å². The molecule has 0 saturated carbocycles. The highest BCUT2D eigenvalue weighted by atomic mass is 32.2. The van der Waals surface area contributed by atoms with E-state index in [1.807, 2.05) is 30.3 Å². The molecule has 158 valence electrons. The van der Waals surface area contributed by atoms with Gasteiger partial charge < -0.3 is 14.6 Å². The van der Waals surface area contributed by atoms with Crippen LogP contribution in [0, 0.1) is 0 Å². The van der Waals surface area contributed by atoms with E-state index in [1.165, 1.54) is 30.2 Å². The first-order valence-corrected chi connectivity index (χ1v) is 11.0. The van der Waals surface area contributed by atoms with Gasteiger partial charge in [0.2, 0.25) is 0 Å². The maximum Gasteiger partial charge on any atom is 0.338 e. The summed E-state index contributed by atoms with van der Waals surface area (Å²) in [5.41, 5.74) is 1.89. The molecule has 8 nitrogen and oxygen atoms in total. The Hall–Kier alpha value is -2.81. The molecular formula is C21H25N5O3S. The van der Waals surface area contributed by atoms with Crippen molar-refractivity contribution < 1.29 is 14.3 Å². The third-order valence-corrected chi connectivity index (χ3v) is 6.51. The van der Waals surface area contributed by atoms with Crippen LogP contribution in [0.4, 0.5) is 4.79 Å². The minimum atomic E-state index is -0.562. The molecule has 0 fully saturated rings. The number of hydrogen-bond acceptors (Lipinski definition) is 6. The molecule has 0 saturated heterocycles. The molecule has 1 aromatic heterocycles. The molecule has 2 aromatic rings. The number of esters is 1. The first-order chi connectivity index (χ1) is 14.6. The lowest BCUT2D eigenvalue weighted by Crippen LogP contribution is -2.47. The summed E-state index contributed by atoms with van der Waals surface area (Å²) in [6.07, 6.45) is 4.35. The summed E-state index contributed by atoms with van der Waals surface area (Å²) in [5.74, 6) is 0.968. The van der Waals surface area contributed by atoms with E-state index in [4.69, 9.17) is 4.74 Å². The maximum absolute atomic E-state index is 12.8. The lowest BCUT2D eigenvalue weighted by Gasteiger charge is -2.34. The fraction of sp³-hybridized carbons (Fsp3) is 0.429. The molecule has 0 radical (unpaired) electrons. The first-order valence-electron chi connectivity index (χ1n) is 10.1. The average molecular weight is 428 g/mol. The lowest BCUT2D eigenvalue weighted by molar-refractivity contribution is -0.136. The Kier molecular flexibility index (Phi) is 6.08. The number of nitrogens with zero attached hydrogens (tertiary/aromatic N) is 4. The molecule has 0 aliphatic carbocycles. The van der Waals surface area contributed by atoms with Gasteiger partial charge in [-0.05, 0) is 18.4 Å². The maximum atomic E-state index is 12.8. The highest BCUT2D eigenvalue weighted by Gasteiger charge is 2.36. The van der Waals surface area contributed by atoms with Crippen LogP contribution in [0.5, 0.6) is 0 Å². The molecule has 1 aromatic carbocycles. The standard InChI is InChI=1S/C21H25N5O3S/c1-25-15(13-30-21-24-23-16-11-7-4-8-12-26(16)21)17(19(27)29-2)18(22-20(25)28)14-9-5-3-6-10-14/h3,5-6,9-10,18H,4,7-8,11-13H2,1-2H3,(H,22,28). The van der Waals surface area contributed by atoms with Gasteiger partial charge in [0.25, 0.3) is 0 Å². The summed E-state index contributed by atoms with van der Waals surface area (Å²) in [6, 6.07) is 8.63. The Balaban J connectivity index is 1.68. The number of thioether (sulfide) groups is 1. The molecule has 0 spiro atoms. The number of benzene rings is 1. The number of aromatic nitrogens is 3. The molecule has 1 unspecified atom stereocenters. The van der Waals surface area contributed by atoms with Crippen LogP contribution < -0.4 is 5.32 Å². The van der Waals surface area contributed by atoms with Crippen LogP contribution in [-0.4, -0.2) is 51.6 Å². The summed E-state index contributed by atoms with van der Waals surface area (Å²) in [4.78, 5) is 26.9. The summed E-state index contributed by atoms with van der Waals surface area (Å²) >= 11 is 1.49. The number of rotatable bonds is 5. The van der Waals surface area contributed by atoms with Gasteiger partial charge in [-0.3, -0.25) is 4.90 Å². The first kappa shape index (κ1) is 20.5. The number of methoxy groups -OCH3 is 1. The Bertz CT molecular complexity index is 972. The van der Waals surface area contributed by atoms with E-state index < -0.39 is 12.0 Å². The van der Waals surface area contributed by atoms with Gasteiger partial charge in [0.05, 0.1) is 18.7 Å². The largest absolute Gasteiger partial charge is 0.466 e. The van der Waals surface area contributed by atoms with Gasteiger partial charge in [-0.15, -0.1) is 10.2 Å². The van der Waals surface area contributed by atoms with E-state index in [1.54, 1.807) is 7.05 Å². The van der Waals surface area contributed by atoms with E-state index in [2.05, 4.69) is 20.1 Å². The topological polar surface area (TPSA) is 89.3 Å².